The maximum absolute atomic E-state index is 12.8. The number of hydrogen-bond acceptors (Lipinski definition) is 3. The number of fused-ring (bicyclic) bond motifs is 1. The van der Waals surface area contributed by atoms with E-state index in [4.69, 9.17) is 5.73 Å². The van der Waals surface area contributed by atoms with Crippen molar-refractivity contribution < 1.29 is 4.79 Å². The van der Waals surface area contributed by atoms with Crippen LogP contribution in [0.5, 0.6) is 0 Å². The van der Waals surface area contributed by atoms with Crippen molar-refractivity contribution >= 4 is 22.5 Å². The maximum atomic E-state index is 12.8. The highest BCUT2D eigenvalue weighted by atomic mass is 16.2. The number of aromatic nitrogens is 1. The molecule has 1 aliphatic heterocycles. The lowest BCUT2D eigenvalue weighted by molar-refractivity contribution is 0.0602. The Morgan fingerprint density at radius 1 is 1.38 bits per heavy atom. The second kappa shape index (κ2) is 5.72. The molecule has 0 spiro atoms. The summed E-state index contributed by atoms with van der Waals surface area (Å²) < 4.78 is 0. The van der Waals surface area contributed by atoms with Gasteiger partial charge in [0, 0.05) is 18.0 Å². The second-order valence-electron chi connectivity index (χ2n) is 5.67. The number of rotatable bonds is 2. The molecule has 21 heavy (non-hydrogen) atoms. The number of nitrogen functional groups attached to an aromatic ring is 1. The molecule has 2 heterocycles. The summed E-state index contributed by atoms with van der Waals surface area (Å²) in [7, 11) is 0. The summed E-state index contributed by atoms with van der Waals surface area (Å²) in [5.41, 5.74) is 6.47. The average molecular weight is 283 g/mol. The highest BCUT2D eigenvalue weighted by Gasteiger charge is 2.27. The first-order valence-corrected chi connectivity index (χ1v) is 7.67. The Morgan fingerprint density at radius 2 is 2.19 bits per heavy atom. The molecule has 4 nitrogen and oxygen atoms in total. The van der Waals surface area contributed by atoms with Crippen LogP contribution in [0.3, 0.4) is 0 Å². The molecule has 2 aromatic rings. The summed E-state index contributed by atoms with van der Waals surface area (Å²) in [5.74, 6) is 0.445. The first-order valence-electron chi connectivity index (χ1n) is 7.67. The number of hydrogen-bond donors (Lipinski definition) is 1. The second-order valence-corrected chi connectivity index (χ2v) is 5.67. The Bertz CT molecular complexity index is 668. The smallest absolute Gasteiger partial charge is 0.272 e. The molecule has 1 aliphatic rings. The van der Waals surface area contributed by atoms with Gasteiger partial charge >= 0.3 is 0 Å². The fraction of sp³-hybridized carbons (Fsp3) is 0.412. The molecular formula is C17H21N3O. The van der Waals surface area contributed by atoms with Crippen molar-refractivity contribution in [3.05, 3.63) is 36.0 Å². The van der Waals surface area contributed by atoms with Gasteiger partial charge in [-0.15, -0.1) is 0 Å². The predicted molar refractivity (Wildman–Crippen MR) is 85.1 cm³/mol. The number of amides is 1. The molecule has 1 atom stereocenters. The van der Waals surface area contributed by atoms with Crippen LogP contribution in [0.15, 0.2) is 30.3 Å². The molecule has 1 unspecified atom stereocenters. The van der Waals surface area contributed by atoms with Crippen LogP contribution < -0.4 is 5.73 Å². The van der Waals surface area contributed by atoms with Crippen LogP contribution in [0.25, 0.3) is 10.8 Å². The van der Waals surface area contributed by atoms with Crippen LogP contribution in [-0.2, 0) is 0 Å². The minimum atomic E-state index is 0.0130. The van der Waals surface area contributed by atoms with Gasteiger partial charge in [-0.2, -0.15) is 0 Å². The molecule has 0 bridgehead atoms. The zero-order chi connectivity index (χ0) is 14.8. The van der Waals surface area contributed by atoms with Gasteiger partial charge < -0.3 is 10.6 Å². The Morgan fingerprint density at radius 3 is 3.00 bits per heavy atom. The minimum absolute atomic E-state index is 0.0130. The van der Waals surface area contributed by atoms with Gasteiger partial charge in [-0.1, -0.05) is 31.2 Å². The summed E-state index contributed by atoms with van der Waals surface area (Å²) in [4.78, 5) is 19.1. The highest BCUT2D eigenvalue weighted by Crippen LogP contribution is 2.24. The molecule has 2 N–H and O–H groups in total. The van der Waals surface area contributed by atoms with E-state index in [0.29, 0.717) is 17.6 Å². The number of likely N-dealkylation sites (tertiary alicyclic amines) is 1. The number of piperidine rings is 1. The van der Waals surface area contributed by atoms with Crippen LogP contribution in [0.4, 0.5) is 5.82 Å². The van der Waals surface area contributed by atoms with Crippen molar-refractivity contribution in [2.45, 2.75) is 38.6 Å². The summed E-state index contributed by atoms with van der Waals surface area (Å²) in [6, 6.07) is 9.97. The third-order valence-corrected chi connectivity index (χ3v) is 4.35. The SMILES string of the molecule is CCC1CCCCN1C(=O)c1cc2ccccc2c(N)n1. The first-order chi connectivity index (χ1) is 10.2. The van der Waals surface area contributed by atoms with Gasteiger partial charge in [0.25, 0.3) is 5.91 Å². The Kier molecular flexibility index (Phi) is 3.78. The van der Waals surface area contributed by atoms with Crippen LogP contribution in [0, 0.1) is 0 Å². The Balaban J connectivity index is 1.97. The van der Waals surface area contributed by atoms with Gasteiger partial charge in [-0.25, -0.2) is 4.98 Å². The normalized spacial score (nSPS) is 18.9. The zero-order valence-electron chi connectivity index (χ0n) is 12.4. The van der Waals surface area contributed by atoms with E-state index >= 15 is 0 Å². The van der Waals surface area contributed by atoms with E-state index in [-0.39, 0.29) is 5.91 Å². The van der Waals surface area contributed by atoms with Crippen molar-refractivity contribution in [3.8, 4) is 0 Å². The van der Waals surface area contributed by atoms with Gasteiger partial charge in [0.2, 0.25) is 0 Å². The molecule has 0 saturated carbocycles. The first kappa shape index (κ1) is 13.9. The Labute approximate surface area is 125 Å². The highest BCUT2D eigenvalue weighted by molar-refractivity contribution is 6.00. The van der Waals surface area contributed by atoms with Crippen molar-refractivity contribution in [1.82, 2.24) is 9.88 Å². The number of pyridine rings is 1. The lowest BCUT2D eigenvalue weighted by Gasteiger charge is -2.35. The number of carbonyl (C=O) groups excluding carboxylic acids is 1. The van der Waals surface area contributed by atoms with E-state index < -0.39 is 0 Å². The predicted octanol–water partition coefficient (Wildman–Crippen LogP) is 3.22. The van der Waals surface area contributed by atoms with Crippen molar-refractivity contribution in [3.63, 3.8) is 0 Å². The van der Waals surface area contributed by atoms with Crippen LogP contribution in [-0.4, -0.2) is 28.4 Å². The van der Waals surface area contributed by atoms with Gasteiger partial charge in [0.05, 0.1) is 0 Å². The van der Waals surface area contributed by atoms with Crippen molar-refractivity contribution in [1.29, 1.82) is 0 Å². The third-order valence-electron chi connectivity index (χ3n) is 4.35. The molecule has 4 heteroatoms. The van der Waals surface area contributed by atoms with Gasteiger partial charge in [0.1, 0.15) is 11.5 Å². The van der Waals surface area contributed by atoms with Crippen LogP contribution >= 0.6 is 0 Å². The van der Waals surface area contributed by atoms with Crippen molar-refractivity contribution in [2.24, 2.45) is 0 Å². The number of nitrogens with zero attached hydrogens (tertiary/aromatic N) is 2. The lowest BCUT2D eigenvalue weighted by atomic mass is 9.99. The molecular weight excluding hydrogens is 262 g/mol. The number of benzene rings is 1. The third kappa shape index (κ3) is 2.58. The summed E-state index contributed by atoms with van der Waals surface area (Å²) in [6.45, 7) is 2.96. The largest absolute Gasteiger partial charge is 0.383 e. The standard InChI is InChI=1S/C17H21N3O/c1-2-13-8-5-6-10-20(13)17(21)15-11-12-7-3-4-9-14(12)16(18)19-15/h3-4,7,9,11,13H,2,5-6,8,10H2,1H3,(H2,18,19). The van der Waals surface area contributed by atoms with Crippen molar-refractivity contribution in [2.75, 3.05) is 12.3 Å². The molecule has 1 fully saturated rings. The Hall–Kier alpha value is -2.10. The molecule has 1 aromatic heterocycles. The molecule has 110 valence electrons. The molecule has 0 radical (unpaired) electrons. The summed E-state index contributed by atoms with van der Waals surface area (Å²) in [6.07, 6.45) is 4.36. The molecule has 1 aromatic carbocycles. The quantitative estimate of drug-likeness (QED) is 0.920. The van der Waals surface area contributed by atoms with E-state index in [2.05, 4.69) is 11.9 Å². The topological polar surface area (TPSA) is 59.2 Å². The fourth-order valence-corrected chi connectivity index (χ4v) is 3.17. The molecule has 1 amide bonds. The molecule has 0 aliphatic carbocycles. The van der Waals surface area contributed by atoms with E-state index in [1.54, 1.807) is 0 Å². The fourth-order valence-electron chi connectivity index (χ4n) is 3.17. The van der Waals surface area contributed by atoms with Crippen LogP contribution in [0.1, 0.15) is 43.1 Å². The molecule has 3 rings (SSSR count). The van der Waals surface area contributed by atoms with E-state index in [0.717, 1.165) is 36.6 Å². The maximum Gasteiger partial charge on any atom is 0.272 e. The van der Waals surface area contributed by atoms with Crippen LogP contribution in [0.2, 0.25) is 0 Å². The summed E-state index contributed by atoms with van der Waals surface area (Å²) in [5, 5.41) is 1.87. The number of carbonyl (C=O) groups is 1. The van der Waals surface area contributed by atoms with E-state index in [1.165, 1.54) is 6.42 Å². The zero-order valence-corrected chi connectivity index (χ0v) is 12.4. The lowest BCUT2D eigenvalue weighted by Crippen LogP contribution is -2.43. The molecule has 1 saturated heterocycles. The monoisotopic (exact) mass is 283 g/mol. The van der Waals surface area contributed by atoms with E-state index in [1.807, 2.05) is 35.2 Å². The number of anilines is 1. The van der Waals surface area contributed by atoms with E-state index in [9.17, 15) is 4.79 Å². The summed E-state index contributed by atoms with van der Waals surface area (Å²) >= 11 is 0. The van der Waals surface area contributed by atoms with Gasteiger partial charge in [0.15, 0.2) is 0 Å². The number of nitrogens with two attached hydrogens (primary N) is 1. The average Bonchev–Trinajstić information content (AvgIpc) is 2.54. The van der Waals surface area contributed by atoms with Gasteiger partial charge in [-0.05, 0) is 37.1 Å². The van der Waals surface area contributed by atoms with Gasteiger partial charge in [-0.3, -0.25) is 4.79 Å². The minimum Gasteiger partial charge on any atom is -0.383 e.